The van der Waals surface area contributed by atoms with Crippen molar-refractivity contribution >= 4 is 87.2 Å². The average Bonchev–Trinajstić information content (AvgIpc) is 3.35. The number of ether oxygens (including phenoxy) is 3. The van der Waals surface area contributed by atoms with Gasteiger partial charge in [-0.15, -0.1) is 0 Å². The van der Waals surface area contributed by atoms with Crippen LogP contribution in [-0.2, 0) is 4.79 Å². The summed E-state index contributed by atoms with van der Waals surface area (Å²) in [4.78, 5) is 42.4. The number of pyridine rings is 5. The number of rotatable bonds is 11. The van der Waals surface area contributed by atoms with Crippen molar-refractivity contribution in [1.29, 1.82) is 0 Å². The number of aromatic hydroxyl groups is 1. The van der Waals surface area contributed by atoms with Crippen molar-refractivity contribution < 1.29 is 28.9 Å². The van der Waals surface area contributed by atoms with Crippen LogP contribution in [-0.4, -0.2) is 58.5 Å². The van der Waals surface area contributed by atoms with Crippen LogP contribution in [0.5, 0.6) is 23.0 Å². The number of amides is 1. The summed E-state index contributed by atoms with van der Waals surface area (Å²) in [6.07, 6.45) is 11.5. The Morgan fingerprint density at radius 3 is 1.47 bits per heavy atom. The molecule has 0 saturated heterocycles. The maximum absolute atomic E-state index is 12.4. The van der Waals surface area contributed by atoms with E-state index in [1.807, 2.05) is 90.1 Å². The quantitative estimate of drug-likeness (QED) is 0.0540. The molecule has 1 amide bonds. The minimum atomic E-state index is -0.244. The monoisotopic (exact) mass is 1170 g/mol. The minimum Gasteiger partial charge on any atom is -0.508 e. The number of nitrogens with one attached hydrogen (secondary N) is 1. The molecule has 0 atom stereocenters. The molecule has 0 bridgehead atoms. The molecule has 6 N–H and O–H groups in total. The summed E-state index contributed by atoms with van der Waals surface area (Å²) in [7, 11) is 0. The third kappa shape index (κ3) is 20.1. The summed E-state index contributed by atoms with van der Waals surface area (Å²) in [6, 6.07) is 30.2. The van der Waals surface area contributed by atoms with Crippen molar-refractivity contribution in [3.8, 4) is 56.4 Å². The van der Waals surface area contributed by atoms with Crippen molar-refractivity contribution in [3.63, 3.8) is 0 Å². The van der Waals surface area contributed by atoms with Crippen LogP contribution in [0.2, 0.25) is 15.1 Å². The number of benzene rings is 3. The molecule has 0 saturated carbocycles. The molecule has 0 aliphatic rings. The Morgan fingerprint density at radius 2 is 1.05 bits per heavy atom. The summed E-state index contributed by atoms with van der Waals surface area (Å²) >= 11 is 20.9. The van der Waals surface area contributed by atoms with E-state index in [0.29, 0.717) is 50.3 Å². The Morgan fingerprint density at radius 1 is 0.608 bits per heavy atom. The number of aromatic nitrogens is 5. The second-order valence-electron chi connectivity index (χ2n) is 16.7. The van der Waals surface area contributed by atoms with E-state index >= 15 is 0 Å². The van der Waals surface area contributed by atoms with Crippen LogP contribution in [0.1, 0.15) is 63.0 Å². The molecule has 3 aromatic carbocycles. The van der Waals surface area contributed by atoms with E-state index in [1.165, 1.54) is 12.3 Å². The Hall–Kier alpha value is -7.05. The molecule has 0 aliphatic carbocycles. The van der Waals surface area contributed by atoms with Gasteiger partial charge in [0.2, 0.25) is 0 Å². The normalized spacial score (nSPS) is 10.3. The zero-order valence-electron chi connectivity index (χ0n) is 42.1. The number of hydrogen-bond donors (Lipinski definition) is 4. The first kappa shape index (κ1) is 59.5. The number of carbonyl (C=O) groups is 2. The van der Waals surface area contributed by atoms with Gasteiger partial charge in [-0.05, 0) is 156 Å². The third-order valence-electron chi connectivity index (χ3n) is 9.53. The molecule has 74 heavy (non-hydrogen) atoms. The molecule has 0 fully saturated rings. The van der Waals surface area contributed by atoms with Crippen LogP contribution in [0.3, 0.4) is 0 Å². The lowest BCUT2D eigenvalue weighted by atomic mass is 10.1. The van der Waals surface area contributed by atoms with E-state index in [4.69, 9.17) is 55.7 Å². The first-order valence-electron chi connectivity index (χ1n) is 22.9. The predicted octanol–water partition coefficient (Wildman–Crippen LogP) is 14.4. The maximum atomic E-state index is 12.4. The van der Waals surface area contributed by atoms with Gasteiger partial charge in [0.15, 0.2) is 5.75 Å². The second kappa shape index (κ2) is 30.2. The van der Waals surface area contributed by atoms with Gasteiger partial charge in [0.1, 0.15) is 34.7 Å². The highest BCUT2D eigenvalue weighted by Gasteiger charge is 2.13. The number of halogens is 4. The van der Waals surface area contributed by atoms with Crippen LogP contribution in [0.15, 0.2) is 147 Å². The average molecular weight is 1170 g/mol. The van der Waals surface area contributed by atoms with Crippen molar-refractivity contribution in [3.05, 3.63) is 178 Å². The molecule has 0 radical (unpaired) electrons. The largest absolute Gasteiger partial charge is 0.508 e. The summed E-state index contributed by atoms with van der Waals surface area (Å²) in [6.45, 7) is 16.3. The Bertz CT molecular complexity index is 3040. The topological polar surface area (TPSA) is 211 Å². The number of carbonyl (C=O) groups excluding carboxylic acids is 2. The SMILES string of the molecule is CC(C)I.CC(C)Oc1ccc(Cl)c(-c2ccc(N)nc2)c1.Cc1ccncc1C(=O)Nc1ccc(-c2cc(OC(C)C)ccc2Cl)cn1.Cc1ccncc1OC=O.Nc1ccc(-c2cc(O)ccc2Cl)cn1. The molecule has 5 aromatic heterocycles. The van der Waals surface area contributed by atoms with Crippen LogP contribution < -0.4 is 31.0 Å². The van der Waals surface area contributed by atoms with E-state index in [9.17, 15) is 14.7 Å². The minimum absolute atomic E-state index is 0.0747. The lowest BCUT2D eigenvalue weighted by molar-refractivity contribution is -0.120. The summed E-state index contributed by atoms with van der Waals surface area (Å²) in [5.41, 5.74) is 18.4. The highest BCUT2D eigenvalue weighted by Crippen LogP contribution is 2.34. The number of nitrogens with two attached hydrogens (primary N) is 2. The fourth-order valence-electron chi connectivity index (χ4n) is 6.14. The number of aryl methyl sites for hydroxylation is 2. The molecule has 0 aliphatic heterocycles. The number of nitrogen functional groups attached to an aromatic ring is 2. The Balaban J connectivity index is 0.000000220. The molecule has 0 spiro atoms. The molecular formula is C56H58Cl3IN8O6. The van der Waals surface area contributed by atoms with Gasteiger partial charge in [0.05, 0.1) is 24.0 Å². The van der Waals surface area contributed by atoms with E-state index in [1.54, 1.807) is 85.7 Å². The van der Waals surface area contributed by atoms with Crippen molar-refractivity contribution in [2.45, 2.75) is 71.5 Å². The predicted molar refractivity (Wildman–Crippen MR) is 308 cm³/mol. The second-order valence-corrected chi connectivity index (χ2v) is 20.4. The van der Waals surface area contributed by atoms with Gasteiger partial charge >= 0.3 is 0 Å². The van der Waals surface area contributed by atoms with Gasteiger partial charge in [0, 0.05) is 89.6 Å². The van der Waals surface area contributed by atoms with Gasteiger partial charge in [0.25, 0.3) is 12.4 Å². The first-order valence-corrected chi connectivity index (χ1v) is 25.3. The van der Waals surface area contributed by atoms with Crippen molar-refractivity contribution in [2.24, 2.45) is 0 Å². The zero-order valence-corrected chi connectivity index (χ0v) is 46.5. The first-order chi connectivity index (χ1) is 35.2. The molecule has 8 aromatic rings. The molecule has 386 valence electrons. The Labute approximate surface area is 461 Å². The summed E-state index contributed by atoms with van der Waals surface area (Å²) < 4.78 is 16.8. The van der Waals surface area contributed by atoms with Gasteiger partial charge in [-0.25, -0.2) is 15.0 Å². The Kier molecular flexibility index (Phi) is 24.3. The molecular weight excluding hydrogens is 1110 g/mol. The van der Waals surface area contributed by atoms with Crippen LogP contribution in [0.25, 0.3) is 33.4 Å². The van der Waals surface area contributed by atoms with Crippen LogP contribution in [0, 0.1) is 13.8 Å². The van der Waals surface area contributed by atoms with Gasteiger partial charge in [-0.1, -0.05) is 71.2 Å². The smallest absolute Gasteiger partial charge is 0.298 e. The van der Waals surface area contributed by atoms with E-state index in [-0.39, 0.29) is 23.9 Å². The number of phenols is 1. The van der Waals surface area contributed by atoms with E-state index in [2.05, 4.69) is 71.4 Å². The highest BCUT2D eigenvalue weighted by atomic mass is 127. The lowest BCUT2D eigenvalue weighted by Crippen LogP contribution is -2.14. The van der Waals surface area contributed by atoms with Gasteiger partial charge in [-0.2, -0.15) is 0 Å². The van der Waals surface area contributed by atoms with Crippen molar-refractivity contribution in [2.75, 3.05) is 16.8 Å². The third-order valence-corrected chi connectivity index (χ3v) is 10.5. The number of anilines is 3. The zero-order chi connectivity index (χ0) is 54.3. The summed E-state index contributed by atoms with van der Waals surface area (Å²) in [5.74, 6) is 3.38. The molecule has 5 heterocycles. The van der Waals surface area contributed by atoms with E-state index < -0.39 is 0 Å². The molecule has 8 rings (SSSR count). The fourth-order valence-corrected chi connectivity index (χ4v) is 6.82. The maximum Gasteiger partial charge on any atom is 0.298 e. The number of hydrogen-bond acceptors (Lipinski definition) is 13. The molecule has 18 heteroatoms. The standard InChI is InChI=1S/C21H20ClN3O2.C14H15ClN2O.C11H9ClN2O.C7H7NO2.C3H7I/c1-13(2)27-16-5-6-19(22)17(10-16)15-4-7-20(24-11-15)25-21(26)18-12-23-9-8-14(18)3;1-9(2)18-11-4-5-13(15)12(7-11)10-3-6-14(16)17-8-10;12-10-3-2-8(15)5-9(10)7-1-4-11(13)14-6-7;1-6-2-3-8-4-7(6)10-5-9;1-3(2)4/h4-13H,1-3H3,(H,24,25,26);3-9H,1-2H3,(H2,16,17);1-6,15H,(H2,13,14);2-5H,1H3;3H,1-2H3. The van der Waals surface area contributed by atoms with Crippen LogP contribution in [0.4, 0.5) is 17.5 Å². The fraction of sp³-hybridized carbons (Fsp3) is 0.196. The van der Waals surface area contributed by atoms with Crippen LogP contribution >= 0.6 is 57.4 Å². The van der Waals surface area contributed by atoms with E-state index in [0.717, 1.165) is 59.9 Å². The number of nitrogens with zero attached hydrogens (tertiary/aromatic N) is 5. The van der Waals surface area contributed by atoms with Gasteiger partial charge in [-0.3, -0.25) is 19.6 Å². The number of alkyl halides is 1. The lowest BCUT2D eigenvalue weighted by Gasteiger charge is -2.12. The molecule has 0 unspecified atom stereocenters. The highest BCUT2D eigenvalue weighted by molar-refractivity contribution is 14.1. The van der Waals surface area contributed by atoms with Crippen molar-refractivity contribution in [1.82, 2.24) is 24.9 Å². The van der Waals surface area contributed by atoms with Gasteiger partial charge < -0.3 is 36.1 Å². The molecule has 14 nitrogen and oxygen atoms in total. The number of phenolic OH excluding ortho intramolecular Hbond substituents is 1. The summed E-state index contributed by atoms with van der Waals surface area (Å²) in [5, 5.41) is 14.0.